The van der Waals surface area contributed by atoms with Gasteiger partial charge >= 0.3 is 0 Å². The molecule has 0 saturated carbocycles. The minimum atomic E-state index is -1.45. The molecule has 0 spiro atoms. The molecule has 128 valence electrons. The zero-order chi connectivity index (χ0) is 17.5. The number of carbonyl (C=O) groups excluding carboxylic acids is 1. The van der Waals surface area contributed by atoms with Crippen LogP contribution in [0, 0.1) is 18.6 Å². The predicted molar refractivity (Wildman–Crippen MR) is 85.6 cm³/mol. The summed E-state index contributed by atoms with van der Waals surface area (Å²) in [6, 6.07) is 10.7. The van der Waals surface area contributed by atoms with Crippen LogP contribution in [0.2, 0.25) is 0 Å². The first-order chi connectivity index (χ1) is 11.5. The van der Waals surface area contributed by atoms with E-state index in [0.717, 1.165) is 17.7 Å². The van der Waals surface area contributed by atoms with Crippen molar-refractivity contribution in [2.24, 2.45) is 0 Å². The zero-order valence-electron chi connectivity index (χ0n) is 13.3. The first-order valence-corrected chi connectivity index (χ1v) is 7.55. The summed E-state index contributed by atoms with van der Waals surface area (Å²) < 4.78 is 32.5. The second-order valence-electron chi connectivity index (χ2n) is 5.37. The van der Waals surface area contributed by atoms with Gasteiger partial charge in [-0.05, 0) is 36.8 Å². The molecule has 1 atom stereocenters. The number of hydrogen-bond donors (Lipinski definition) is 2. The van der Waals surface area contributed by atoms with Crippen LogP contribution in [0.3, 0.4) is 0 Å². The predicted octanol–water partition coefficient (Wildman–Crippen LogP) is 2.89. The molecule has 0 aliphatic carbocycles. The van der Waals surface area contributed by atoms with Crippen LogP contribution < -0.4 is 10.1 Å². The Morgan fingerprint density at radius 2 is 1.88 bits per heavy atom. The lowest BCUT2D eigenvalue weighted by Gasteiger charge is -2.14. The van der Waals surface area contributed by atoms with Gasteiger partial charge in [0.25, 0.3) is 0 Å². The molecule has 1 amide bonds. The van der Waals surface area contributed by atoms with E-state index in [9.17, 15) is 18.7 Å². The Bertz CT molecular complexity index is 686. The standard InChI is InChI=1S/C18H19F2NO3/c1-12-4-2-5-13(10-12)24-9-8-17(23)21-11-16(22)18-14(19)6-3-7-15(18)20/h2-7,10,16,22H,8-9,11H2,1H3,(H,21,23). The zero-order valence-corrected chi connectivity index (χ0v) is 13.3. The van der Waals surface area contributed by atoms with Gasteiger partial charge in [0.15, 0.2) is 0 Å². The number of rotatable bonds is 7. The Kier molecular flexibility index (Phi) is 6.26. The van der Waals surface area contributed by atoms with Crippen molar-refractivity contribution in [1.29, 1.82) is 0 Å². The quantitative estimate of drug-likeness (QED) is 0.818. The molecule has 24 heavy (non-hydrogen) atoms. The van der Waals surface area contributed by atoms with Crippen molar-refractivity contribution in [1.82, 2.24) is 5.32 Å². The molecule has 6 heteroatoms. The number of aliphatic hydroxyl groups is 1. The first-order valence-electron chi connectivity index (χ1n) is 7.55. The average Bonchev–Trinajstić information content (AvgIpc) is 2.53. The van der Waals surface area contributed by atoms with E-state index in [1.165, 1.54) is 6.07 Å². The molecule has 2 rings (SSSR count). The Balaban J connectivity index is 1.77. The SMILES string of the molecule is Cc1cccc(OCCC(=O)NCC(O)c2c(F)cccc2F)c1. The lowest BCUT2D eigenvalue weighted by molar-refractivity contribution is -0.122. The molecule has 0 aromatic heterocycles. The summed E-state index contributed by atoms with van der Waals surface area (Å²) in [5, 5.41) is 12.3. The number of amides is 1. The number of nitrogens with one attached hydrogen (secondary N) is 1. The molecule has 0 bridgehead atoms. The third-order valence-corrected chi connectivity index (χ3v) is 3.41. The van der Waals surface area contributed by atoms with Crippen LogP contribution in [0.15, 0.2) is 42.5 Å². The fraction of sp³-hybridized carbons (Fsp3) is 0.278. The second-order valence-corrected chi connectivity index (χ2v) is 5.37. The third-order valence-electron chi connectivity index (χ3n) is 3.41. The van der Waals surface area contributed by atoms with E-state index < -0.39 is 23.3 Å². The minimum absolute atomic E-state index is 0.0699. The Labute approximate surface area is 139 Å². The number of halogens is 2. The molecular formula is C18H19F2NO3. The van der Waals surface area contributed by atoms with Crippen molar-refractivity contribution < 1.29 is 23.4 Å². The maximum atomic E-state index is 13.5. The van der Waals surface area contributed by atoms with Crippen LogP contribution in [-0.4, -0.2) is 24.2 Å². The van der Waals surface area contributed by atoms with Crippen molar-refractivity contribution in [2.45, 2.75) is 19.4 Å². The molecule has 0 saturated heterocycles. The van der Waals surface area contributed by atoms with Gasteiger partial charge in [-0.3, -0.25) is 4.79 Å². The number of benzene rings is 2. The van der Waals surface area contributed by atoms with Gasteiger partial charge in [0.2, 0.25) is 5.91 Å². The number of hydrogen-bond acceptors (Lipinski definition) is 3. The van der Waals surface area contributed by atoms with E-state index >= 15 is 0 Å². The van der Waals surface area contributed by atoms with Crippen molar-refractivity contribution >= 4 is 5.91 Å². The molecule has 0 radical (unpaired) electrons. The largest absolute Gasteiger partial charge is 0.493 e. The van der Waals surface area contributed by atoms with Crippen LogP contribution in [0.1, 0.15) is 23.7 Å². The summed E-state index contributed by atoms with van der Waals surface area (Å²) >= 11 is 0. The van der Waals surface area contributed by atoms with E-state index in [0.29, 0.717) is 5.75 Å². The molecule has 2 N–H and O–H groups in total. The number of aliphatic hydroxyl groups excluding tert-OH is 1. The molecule has 0 aliphatic rings. The Morgan fingerprint density at radius 1 is 1.21 bits per heavy atom. The molecule has 0 heterocycles. The van der Waals surface area contributed by atoms with E-state index in [-0.39, 0.29) is 25.5 Å². The Hall–Kier alpha value is -2.47. The van der Waals surface area contributed by atoms with Crippen molar-refractivity contribution in [3.63, 3.8) is 0 Å². The fourth-order valence-electron chi connectivity index (χ4n) is 2.20. The minimum Gasteiger partial charge on any atom is -0.493 e. The lowest BCUT2D eigenvalue weighted by Crippen LogP contribution is -2.30. The summed E-state index contributed by atoms with van der Waals surface area (Å²) in [4.78, 5) is 11.7. The second kappa shape index (κ2) is 8.40. The summed E-state index contributed by atoms with van der Waals surface area (Å²) in [5.41, 5.74) is 0.598. The highest BCUT2D eigenvalue weighted by Gasteiger charge is 2.18. The topological polar surface area (TPSA) is 58.6 Å². The van der Waals surface area contributed by atoms with Crippen LogP contribution in [0.5, 0.6) is 5.75 Å². The summed E-state index contributed by atoms with van der Waals surface area (Å²) in [6.07, 6.45) is -1.38. The number of ether oxygens (including phenoxy) is 1. The molecule has 0 aliphatic heterocycles. The summed E-state index contributed by atoms with van der Waals surface area (Å²) in [6.45, 7) is 1.82. The first kappa shape index (κ1) is 17.9. The van der Waals surface area contributed by atoms with Crippen LogP contribution in [0.25, 0.3) is 0 Å². The van der Waals surface area contributed by atoms with Crippen molar-refractivity contribution in [3.05, 3.63) is 65.2 Å². The molecule has 0 fully saturated rings. The normalized spacial score (nSPS) is 11.8. The van der Waals surface area contributed by atoms with Gasteiger partial charge in [0.1, 0.15) is 23.5 Å². The highest BCUT2D eigenvalue weighted by atomic mass is 19.1. The summed E-state index contributed by atoms with van der Waals surface area (Å²) in [5.74, 6) is -1.41. The molecule has 2 aromatic rings. The molecular weight excluding hydrogens is 316 g/mol. The van der Waals surface area contributed by atoms with Gasteiger partial charge in [0, 0.05) is 6.54 Å². The van der Waals surface area contributed by atoms with Crippen LogP contribution >= 0.6 is 0 Å². The lowest BCUT2D eigenvalue weighted by atomic mass is 10.1. The van der Waals surface area contributed by atoms with Crippen molar-refractivity contribution in [3.8, 4) is 5.75 Å². The highest BCUT2D eigenvalue weighted by Crippen LogP contribution is 2.20. The fourth-order valence-corrected chi connectivity index (χ4v) is 2.20. The van der Waals surface area contributed by atoms with E-state index in [1.807, 2.05) is 25.1 Å². The summed E-state index contributed by atoms with van der Waals surface area (Å²) in [7, 11) is 0. The maximum Gasteiger partial charge on any atom is 0.223 e. The van der Waals surface area contributed by atoms with Gasteiger partial charge in [-0.2, -0.15) is 0 Å². The van der Waals surface area contributed by atoms with Gasteiger partial charge in [-0.15, -0.1) is 0 Å². The van der Waals surface area contributed by atoms with Gasteiger partial charge in [-0.25, -0.2) is 8.78 Å². The number of carbonyl (C=O) groups is 1. The van der Waals surface area contributed by atoms with E-state index in [2.05, 4.69) is 5.32 Å². The van der Waals surface area contributed by atoms with E-state index in [1.54, 1.807) is 6.07 Å². The number of aryl methyl sites for hydroxylation is 1. The van der Waals surface area contributed by atoms with Gasteiger partial charge in [-0.1, -0.05) is 18.2 Å². The van der Waals surface area contributed by atoms with Gasteiger partial charge in [0.05, 0.1) is 18.6 Å². The van der Waals surface area contributed by atoms with Crippen molar-refractivity contribution in [2.75, 3.05) is 13.2 Å². The average molecular weight is 335 g/mol. The monoisotopic (exact) mass is 335 g/mol. The Morgan fingerprint density at radius 3 is 2.54 bits per heavy atom. The molecule has 1 unspecified atom stereocenters. The van der Waals surface area contributed by atoms with E-state index in [4.69, 9.17) is 4.74 Å². The highest BCUT2D eigenvalue weighted by molar-refractivity contribution is 5.76. The van der Waals surface area contributed by atoms with Crippen LogP contribution in [-0.2, 0) is 4.79 Å². The third kappa shape index (κ3) is 5.03. The van der Waals surface area contributed by atoms with Gasteiger partial charge < -0.3 is 15.2 Å². The molecule has 2 aromatic carbocycles. The maximum absolute atomic E-state index is 13.5. The molecule has 4 nitrogen and oxygen atoms in total. The smallest absolute Gasteiger partial charge is 0.223 e. The van der Waals surface area contributed by atoms with Crippen LogP contribution in [0.4, 0.5) is 8.78 Å².